The highest BCUT2D eigenvalue weighted by atomic mass is 16.2. The maximum Gasteiger partial charge on any atom is 0.223 e. The van der Waals surface area contributed by atoms with E-state index in [4.69, 9.17) is 5.73 Å². The molecule has 0 unspecified atom stereocenters. The molecule has 0 aromatic carbocycles. The Hall–Kier alpha value is -0.570. The van der Waals surface area contributed by atoms with E-state index in [0.29, 0.717) is 19.0 Å². The van der Waals surface area contributed by atoms with Crippen LogP contribution in [-0.2, 0) is 4.79 Å². The van der Waals surface area contributed by atoms with Gasteiger partial charge < -0.3 is 10.6 Å². The van der Waals surface area contributed by atoms with Crippen LogP contribution in [0.15, 0.2) is 0 Å². The zero-order valence-corrected chi connectivity index (χ0v) is 9.87. The molecule has 0 aromatic rings. The Labute approximate surface area is 93.0 Å². The predicted octanol–water partition coefficient (Wildman–Crippen LogP) is 1.91. The van der Waals surface area contributed by atoms with Crippen LogP contribution in [0.1, 0.15) is 51.4 Å². The molecule has 0 atom stereocenters. The lowest BCUT2D eigenvalue weighted by Gasteiger charge is -2.29. The van der Waals surface area contributed by atoms with Crippen LogP contribution in [0.4, 0.5) is 0 Å². The summed E-state index contributed by atoms with van der Waals surface area (Å²) in [6, 6.07) is 0.462. The van der Waals surface area contributed by atoms with Crippen molar-refractivity contribution >= 4 is 5.91 Å². The van der Waals surface area contributed by atoms with Crippen LogP contribution >= 0.6 is 0 Å². The van der Waals surface area contributed by atoms with Gasteiger partial charge in [-0.1, -0.05) is 32.1 Å². The SMILES string of the molecule is CN(C(=O)CCN)C1CCCCCCC1. The predicted molar refractivity (Wildman–Crippen MR) is 62.5 cm³/mol. The monoisotopic (exact) mass is 212 g/mol. The molecule has 0 aromatic heterocycles. The fourth-order valence-corrected chi connectivity index (χ4v) is 2.33. The van der Waals surface area contributed by atoms with E-state index >= 15 is 0 Å². The third-order valence-corrected chi connectivity index (χ3v) is 3.37. The quantitative estimate of drug-likeness (QED) is 0.776. The van der Waals surface area contributed by atoms with Gasteiger partial charge in [-0.15, -0.1) is 0 Å². The van der Waals surface area contributed by atoms with Crippen molar-refractivity contribution in [1.82, 2.24) is 4.90 Å². The zero-order chi connectivity index (χ0) is 11.1. The molecular weight excluding hydrogens is 188 g/mol. The number of carbonyl (C=O) groups excluding carboxylic acids is 1. The van der Waals surface area contributed by atoms with Crippen LogP contribution in [0.3, 0.4) is 0 Å². The first-order valence-electron chi connectivity index (χ1n) is 6.21. The molecule has 0 bridgehead atoms. The molecule has 1 amide bonds. The van der Waals surface area contributed by atoms with Crippen molar-refractivity contribution in [3.8, 4) is 0 Å². The van der Waals surface area contributed by atoms with Crippen molar-refractivity contribution in [1.29, 1.82) is 0 Å². The Kier molecular flexibility index (Phi) is 5.69. The molecule has 3 heteroatoms. The summed E-state index contributed by atoms with van der Waals surface area (Å²) in [4.78, 5) is 13.6. The third-order valence-electron chi connectivity index (χ3n) is 3.37. The smallest absolute Gasteiger partial charge is 0.223 e. The van der Waals surface area contributed by atoms with Crippen LogP contribution in [0.2, 0.25) is 0 Å². The molecule has 1 saturated carbocycles. The fourth-order valence-electron chi connectivity index (χ4n) is 2.33. The van der Waals surface area contributed by atoms with E-state index in [2.05, 4.69) is 0 Å². The molecule has 1 aliphatic carbocycles. The number of nitrogens with two attached hydrogens (primary N) is 1. The van der Waals surface area contributed by atoms with Gasteiger partial charge in [0.2, 0.25) is 5.91 Å². The summed E-state index contributed by atoms with van der Waals surface area (Å²) in [7, 11) is 1.93. The minimum atomic E-state index is 0.211. The van der Waals surface area contributed by atoms with Gasteiger partial charge in [-0.2, -0.15) is 0 Å². The van der Waals surface area contributed by atoms with Gasteiger partial charge in [0.25, 0.3) is 0 Å². The molecule has 3 nitrogen and oxygen atoms in total. The Balaban J connectivity index is 2.40. The number of amides is 1. The van der Waals surface area contributed by atoms with Crippen LogP contribution in [0.25, 0.3) is 0 Å². The molecule has 0 spiro atoms. The second-order valence-corrected chi connectivity index (χ2v) is 4.54. The van der Waals surface area contributed by atoms with E-state index in [-0.39, 0.29) is 5.91 Å². The van der Waals surface area contributed by atoms with Crippen LogP contribution < -0.4 is 5.73 Å². The van der Waals surface area contributed by atoms with E-state index in [1.807, 2.05) is 11.9 Å². The second kappa shape index (κ2) is 6.83. The molecular formula is C12H24N2O. The summed E-state index contributed by atoms with van der Waals surface area (Å²) >= 11 is 0. The lowest BCUT2D eigenvalue weighted by atomic mass is 9.96. The highest BCUT2D eigenvalue weighted by Gasteiger charge is 2.19. The normalized spacial score (nSPS) is 19.3. The second-order valence-electron chi connectivity index (χ2n) is 4.54. The van der Waals surface area contributed by atoms with Crippen molar-refractivity contribution in [3.63, 3.8) is 0 Å². The fraction of sp³-hybridized carbons (Fsp3) is 0.917. The van der Waals surface area contributed by atoms with Gasteiger partial charge >= 0.3 is 0 Å². The van der Waals surface area contributed by atoms with Crippen molar-refractivity contribution < 1.29 is 4.79 Å². The van der Waals surface area contributed by atoms with Crippen molar-refractivity contribution in [3.05, 3.63) is 0 Å². The maximum atomic E-state index is 11.7. The van der Waals surface area contributed by atoms with Gasteiger partial charge in [-0.05, 0) is 12.8 Å². The average molecular weight is 212 g/mol. The molecule has 1 rings (SSSR count). The average Bonchev–Trinajstić information content (AvgIpc) is 2.16. The summed E-state index contributed by atoms with van der Waals surface area (Å²) in [6.07, 6.45) is 9.40. The third kappa shape index (κ3) is 4.20. The lowest BCUT2D eigenvalue weighted by Crippen LogP contribution is -2.38. The first-order valence-corrected chi connectivity index (χ1v) is 6.21. The van der Waals surface area contributed by atoms with Crippen molar-refractivity contribution in [2.75, 3.05) is 13.6 Å². The number of hydrogen-bond donors (Lipinski definition) is 1. The number of carbonyl (C=O) groups is 1. The Morgan fingerprint density at radius 3 is 2.27 bits per heavy atom. The first kappa shape index (κ1) is 12.5. The highest BCUT2D eigenvalue weighted by molar-refractivity contribution is 5.76. The van der Waals surface area contributed by atoms with Gasteiger partial charge in [0.15, 0.2) is 0 Å². The van der Waals surface area contributed by atoms with Crippen LogP contribution in [-0.4, -0.2) is 30.4 Å². The van der Waals surface area contributed by atoms with E-state index < -0.39 is 0 Å². The van der Waals surface area contributed by atoms with Crippen LogP contribution in [0, 0.1) is 0 Å². The molecule has 0 saturated heterocycles. The molecule has 1 aliphatic rings. The van der Waals surface area contributed by atoms with Crippen molar-refractivity contribution in [2.24, 2.45) is 5.73 Å². The summed E-state index contributed by atoms with van der Waals surface area (Å²) in [6.45, 7) is 0.468. The Bertz CT molecular complexity index is 186. The van der Waals surface area contributed by atoms with E-state index in [1.165, 1.54) is 44.9 Å². The first-order chi connectivity index (χ1) is 7.25. The maximum absolute atomic E-state index is 11.7. The molecule has 0 radical (unpaired) electrons. The minimum absolute atomic E-state index is 0.211. The number of nitrogens with zero attached hydrogens (tertiary/aromatic N) is 1. The molecule has 15 heavy (non-hydrogen) atoms. The van der Waals surface area contributed by atoms with Gasteiger partial charge in [-0.3, -0.25) is 4.79 Å². The molecule has 88 valence electrons. The molecule has 1 fully saturated rings. The topological polar surface area (TPSA) is 46.3 Å². The van der Waals surface area contributed by atoms with Crippen molar-refractivity contribution in [2.45, 2.75) is 57.4 Å². The Morgan fingerprint density at radius 2 is 1.73 bits per heavy atom. The molecule has 0 aliphatic heterocycles. The van der Waals surface area contributed by atoms with Crippen LogP contribution in [0.5, 0.6) is 0 Å². The number of rotatable bonds is 3. The van der Waals surface area contributed by atoms with E-state index in [1.54, 1.807) is 0 Å². The van der Waals surface area contributed by atoms with E-state index in [9.17, 15) is 4.79 Å². The zero-order valence-electron chi connectivity index (χ0n) is 9.87. The van der Waals surface area contributed by atoms with Gasteiger partial charge in [0.1, 0.15) is 0 Å². The summed E-state index contributed by atoms with van der Waals surface area (Å²) in [5, 5.41) is 0. The largest absolute Gasteiger partial charge is 0.343 e. The molecule has 2 N–H and O–H groups in total. The van der Waals surface area contributed by atoms with Gasteiger partial charge in [-0.25, -0.2) is 0 Å². The highest BCUT2D eigenvalue weighted by Crippen LogP contribution is 2.20. The minimum Gasteiger partial charge on any atom is -0.343 e. The molecule has 0 heterocycles. The van der Waals surface area contributed by atoms with E-state index in [0.717, 1.165) is 0 Å². The Morgan fingerprint density at radius 1 is 1.20 bits per heavy atom. The standard InChI is InChI=1S/C12H24N2O/c1-14(12(15)9-10-13)11-7-5-3-2-4-6-8-11/h11H,2-10,13H2,1H3. The summed E-state index contributed by atoms with van der Waals surface area (Å²) < 4.78 is 0. The summed E-state index contributed by atoms with van der Waals surface area (Å²) in [5.41, 5.74) is 5.41. The number of hydrogen-bond acceptors (Lipinski definition) is 2. The van der Waals surface area contributed by atoms with Gasteiger partial charge in [0, 0.05) is 26.1 Å². The lowest BCUT2D eigenvalue weighted by molar-refractivity contribution is -0.132. The van der Waals surface area contributed by atoms with Gasteiger partial charge in [0.05, 0.1) is 0 Å². The summed E-state index contributed by atoms with van der Waals surface area (Å²) in [5.74, 6) is 0.211.